The van der Waals surface area contributed by atoms with Crippen molar-refractivity contribution in [2.24, 2.45) is 5.10 Å². The number of hydrazone groups is 1. The number of ether oxygens (including phenoxy) is 1. The number of aromatic hydroxyl groups is 1. The van der Waals surface area contributed by atoms with Gasteiger partial charge in [0.2, 0.25) is 5.91 Å². The third-order valence-electron chi connectivity index (χ3n) is 2.89. The molecule has 0 heterocycles. The van der Waals surface area contributed by atoms with Crippen molar-refractivity contribution in [3.63, 3.8) is 0 Å². The van der Waals surface area contributed by atoms with Crippen molar-refractivity contribution in [1.82, 2.24) is 5.43 Å². The Bertz CT molecular complexity index is 684. The molecular weight excluding hydrogens is 304 g/mol. The van der Waals surface area contributed by atoms with Crippen LogP contribution in [-0.2, 0) is 11.2 Å². The topological polar surface area (TPSA) is 70.9 Å². The van der Waals surface area contributed by atoms with E-state index in [-0.39, 0.29) is 18.1 Å². The number of phenolic OH excluding ortho intramolecular Hbond substituents is 1. The summed E-state index contributed by atoms with van der Waals surface area (Å²) in [6.45, 7) is 0. The zero-order valence-corrected chi connectivity index (χ0v) is 12.7. The van der Waals surface area contributed by atoms with Crippen molar-refractivity contribution in [3.8, 4) is 11.5 Å². The predicted octanol–water partition coefficient (Wildman–Crippen LogP) is 2.75. The van der Waals surface area contributed by atoms with Crippen LogP contribution < -0.4 is 10.2 Å². The van der Waals surface area contributed by atoms with Crippen LogP contribution in [0.1, 0.15) is 11.1 Å². The second-order valence-electron chi connectivity index (χ2n) is 4.52. The first-order chi connectivity index (χ1) is 10.6. The smallest absolute Gasteiger partial charge is 0.244 e. The third-order valence-corrected chi connectivity index (χ3v) is 3.14. The summed E-state index contributed by atoms with van der Waals surface area (Å²) in [7, 11) is 1.49. The fourth-order valence-corrected chi connectivity index (χ4v) is 1.93. The molecule has 1 amide bonds. The minimum atomic E-state index is -0.240. The number of nitrogens with zero attached hydrogens (tertiary/aromatic N) is 1. The Morgan fingerprint density at radius 3 is 2.73 bits per heavy atom. The molecule has 0 atom stereocenters. The molecule has 0 spiro atoms. The number of rotatable bonds is 5. The minimum Gasteiger partial charge on any atom is -0.508 e. The molecule has 2 aromatic carbocycles. The maximum Gasteiger partial charge on any atom is 0.244 e. The molecule has 0 aliphatic heterocycles. The molecule has 0 saturated heterocycles. The van der Waals surface area contributed by atoms with E-state index in [0.717, 1.165) is 5.56 Å². The van der Waals surface area contributed by atoms with Gasteiger partial charge in [0.25, 0.3) is 0 Å². The number of carbonyl (C=O) groups is 1. The standard InChI is InChI=1S/C16H15ClN2O3/c1-22-15-9-14(20)7-4-12(15)10-18-19-16(21)8-11-2-5-13(17)6-3-11/h2-7,9-10,20H,8H2,1H3,(H,19,21)/b18-10-. The molecule has 2 aromatic rings. The van der Waals surface area contributed by atoms with Crippen LogP contribution in [0.2, 0.25) is 5.02 Å². The number of hydrogen-bond donors (Lipinski definition) is 2. The van der Waals surface area contributed by atoms with Crippen molar-refractivity contribution in [3.05, 3.63) is 58.6 Å². The lowest BCUT2D eigenvalue weighted by Crippen LogP contribution is -2.19. The maximum atomic E-state index is 11.8. The van der Waals surface area contributed by atoms with Gasteiger partial charge in [0.1, 0.15) is 11.5 Å². The summed E-state index contributed by atoms with van der Waals surface area (Å²) < 4.78 is 5.11. The van der Waals surface area contributed by atoms with Crippen LogP contribution in [0.4, 0.5) is 0 Å². The SMILES string of the molecule is COc1cc(O)ccc1/C=N\NC(=O)Cc1ccc(Cl)cc1. The van der Waals surface area contributed by atoms with Crippen molar-refractivity contribution in [2.75, 3.05) is 7.11 Å². The monoisotopic (exact) mass is 318 g/mol. The zero-order valence-electron chi connectivity index (χ0n) is 11.9. The quantitative estimate of drug-likeness (QED) is 0.658. The average molecular weight is 319 g/mol. The third kappa shape index (κ3) is 4.49. The average Bonchev–Trinajstić information content (AvgIpc) is 2.51. The van der Waals surface area contributed by atoms with E-state index >= 15 is 0 Å². The molecule has 0 bridgehead atoms. The van der Waals surface area contributed by atoms with Gasteiger partial charge in [-0.3, -0.25) is 4.79 Å². The molecule has 2 N–H and O–H groups in total. The summed E-state index contributed by atoms with van der Waals surface area (Å²) in [5, 5.41) is 13.9. The molecule has 0 aromatic heterocycles. The van der Waals surface area contributed by atoms with Crippen LogP contribution in [0, 0.1) is 0 Å². The predicted molar refractivity (Wildman–Crippen MR) is 85.6 cm³/mol. The van der Waals surface area contributed by atoms with Crippen molar-refractivity contribution in [1.29, 1.82) is 0 Å². The van der Waals surface area contributed by atoms with Crippen molar-refractivity contribution >= 4 is 23.7 Å². The minimum absolute atomic E-state index is 0.0979. The number of benzene rings is 2. The van der Waals surface area contributed by atoms with Crippen LogP contribution in [-0.4, -0.2) is 24.3 Å². The maximum absolute atomic E-state index is 11.8. The Balaban J connectivity index is 1.94. The number of hydrogen-bond acceptors (Lipinski definition) is 4. The van der Waals surface area contributed by atoms with Crippen LogP contribution >= 0.6 is 11.6 Å². The Labute approximate surface area is 133 Å². The molecule has 0 unspecified atom stereocenters. The van der Waals surface area contributed by atoms with Gasteiger partial charge in [-0.15, -0.1) is 0 Å². The largest absolute Gasteiger partial charge is 0.508 e. The highest BCUT2D eigenvalue weighted by Crippen LogP contribution is 2.22. The summed E-state index contributed by atoms with van der Waals surface area (Å²) in [5.41, 5.74) is 3.93. The molecule has 0 saturated carbocycles. The van der Waals surface area contributed by atoms with Gasteiger partial charge in [0.05, 0.1) is 19.7 Å². The van der Waals surface area contributed by atoms with Gasteiger partial charge in [-0.05, 0) is 29.8 Å². The van der Waals surface area contributed by atoms with Gasteiger partial charge >= 0.3 is 0 Å². The molecular formula is C16H15ClN2O3. The van der Waals surface area contributed by atoms with Crippen molar-refractivity contribution < 1.29 is 14.6 Å². The number of phenols is 1. The Kier molecular flexibility index (Phi) is 5.38. The molecule has 2 rings (SSSR count). The fraction of sp³-hybridized carbons (Fsp3) is 0.125. The van der Waals surface area contributed by atoms with Gasteiger partial charge in [-0.25, -0.2) is 5.43 Å². The first kappa shape index (κ1) is 15.9. The van der Waals surface area contributed by atoms with E-state index in [1.807, 2.05) is 0 Å². The summed E-state index contributed by atoms with van der Waals surface area (Å²) in [5.74, 6) is 0.327. The van der Waals surface area contributed by atoms with E-state index in [9.17, 15) is 9.90 Å². The fourth-order valence-electron chi connectivity index (χ4n) is 1.81. The Morgan fingerprint density at radius 1 is 1.32 bits per heavy atom. The second kappa shape index (κ2) is 7.47. The second-order valence-corrected chi connectivity index (χ2v) is 4.96. The zero-order chi connectivity index (χ0) is 15.9. The van der Waals surface area contributed by atoms with E-state index in [1.165, 1.54) is 25.5 Å². The van der Waals surface area contributed by atoms with Gasteiger partial charge in [-0.1, -0.05) is 23.7 Å². The molecule has 0 aliphatic carbocycles. The molecule has 5 nitrogen and oxygen atoms in total. The lowest BCUT2D eigenvalue weighted by Gasteiger charge is -2.05. The summed E-state index contributed by atoms with van der Waals surface area (Å²) >= 11 is 5.79. The van der Waals surface area contributed by atoms with Crippen LogP contribution in [0.15, 0.2) is 47.6 Å². The van der Waals surface area contributed by atoms with Crippen LogP contribution in [0.5, 0.6) is 11.5 Å². The van der Waals surface area contributed by atoms with E-state index in [2.05, 4.69) is 10.5 Å². The summed E-state index contributed by atoms with van der Waals surface area (Å²) in [4.78, 5) is 11.8. The van der Waals surface area contributed by atoms with Gasteiger partial charge < -0.3 is 9.84 Å². The highest BCUT2D eigenvalue weighted by Gasteiger charge is 2.03. The van der Waals surface area contributed by atoms with E-state index < -0.39 is 0 Å². The molecule has 0 aliphatic rings. The van der Waals surface area contributed by atoms with Gasteiger partial charge in [0, 0.05) is 16.7 Å². The number of carbonyl (C=O) groups excluding carboxylic acids is 1. The van der Waals surface area contributed by atoms with E-state index in [4.69, 9.17) is 16.3 Å². The van der Waals surface area contributed by atoms with Gasteiger partial charge in [0.15, 0.2) is 0 Å². The number of nitrogens with one attached hydrogen (secondary N) is 1. The summed E-state index contributed by atoms with van der Waals surface area (Å²) in [6.07, 6.45) is 1.67. The molecule has 22 heavy (non-hydrogen) atoms. The van der Waals surface area contributed by atoms with Crippen LogP contribution in [0.3, 0.4) is 0 Å². The lowest BCUT2D eigenvalue weighted by atomic mass is 10.1. The molecule has 0 radical (unpaired) electrons. The number of methoxy groups -OCH3 is 1. The molecule has 6 heteroatoms. The lowest BCUT2D eigenvalue weighted by molar-refractivity contribution is -0.120. The first-order valence-corrected chi connectivity index (χ1v) is 6.89. The molecule has 0 fully saturated rings. The summed E-state index contributed by atoms with van der Waals surface area (Å²) in [6, 6.07) is 11.7. The van der Waals surface area contributed by atoms with Gasteiger partial charge in [-0.2, -0.15) is 5.10 Å². The van der Waals surface area contributed by atoms with E-state index in [0.29, 0.717) is 16.3 Å². The highest BCUT2D eigenvalue weighted by molar-refractivity contribution is 6.30. The Morgan fingerprint density at radius 2 is 2.05 bits per heavy atom. The first-order valence-electron chi connectivity index (χ1n) is 6.52. The normalized spacial score (nSPS) is 10.6. The number of amides is 1. The molecule has 114 valence electrons. The Hall–Kier alpha value is -2.53. The van der Waals surface area contributed by atoms with Crippen LogP contribution in [0.25, 0.3) is 0 Å². The highest BCUT2D eigenvalue weighted by atomic mass is 35.5. The van der Waals surface area contributed by atoms with Crippen molar-refractivity contribution in [2.45, 2.75) is 6.42 Å². The van der Waals surface area contributed by atoms with E-state index in [1.54, 1.807) is 30.3 Å². The number of halogens is 1.